The average Bonchev–Trinajstić information content (AvgIpc) is 2.90. The van der Waals surface area contributed by atoms with Gasteiger partial charge in [-0.15, -0.1) is 11.3 Å². The first-order valence-electron chi connectivity index (χ1n) is 6.06. The van der Waals surface area contributed by atoms with Gasteiger partial charge < -0.3 is 21.3 Å². The molecule has 1 heterocycles. The second-order valence-electron chi connectivity index (χ2n) is 4.40. The number of carbonyl (C=O) groups excluding carboxylic acids is 1. The van der Waals surface area contributed by atoms with E-state index in [0.717, 1.165) is 0 Å². The molecule has 1 amide bonds. The average molecular weight is 303 g/mol. The molecule has 0 radical (unpaired) electrons. The lowest BCUT2D eigenvalue weighted by Crippen LogP contribution is -2.37. The molecule has 0 fully saturated rings. The third-order valence-corrected chi connectivity index (χ3v) is 3.68. The number of nitrogens with one attached hydrogen (secondary N) is 1. The maximum atomic E-state index is 12.0. The molecule has 1 atom stereocenters. The molecule has 7 heteroatoms. The number of thiophene rings is 1. The fourth-order valence-corrected chi connectivity index (χ4v) is 2.48. The number of phenolic OH excluding ortho intramolecular Hbond substituents is 2. The molecule has 0 aliphatic heterocycles. The lowest BCUT2D eigenvalue weighted by molar-refractivity contribution is -0.117. The van der Waals surface area contributed by atoms with Gasteiger partial charge in [-0.3, -0.25) is 4.79 Å². The predicted molar refractivity (Wildman–Crippen MR) is 79.1 cm³/mol. The van der Waals surface area contributed by atoms with Gasteiger partial charge in [-0.25, -0.2) is 0 Å². The number of amides is 1. The van der Waals surface area contributed by atoms with Crippen LogP contribution in [0.25, 0.3) is 0 Å². The number of rotatable bonds is 4. The van der Waals surface area contributed by atoms with Crippen LogP contribution < -0.4 is 11.1 Å². The van der Waals surface area contributed by atoms with Crippen LogP contribution in [0.3, 0.4) is 0 Å². The van der Waals surface area contributed by atoms with Crippen LogP contribution in [-0.2, 0) is 11.2 Å². The first kappa shape index (κ1) is 14.8. The van der Waals surface area contributed by atoms with E-state index in [4.69, 9.17) is 11.0 Å². The molecule has 2 rings (SSSR count). The molecule has 0 saturated carbocycles. The molecule has 0 unspecified atom stereocenters. The smallest absolute Gasteiger partial charge is 0.242 e. The first-order valence-corrected chi connectivity index (χ1v) is 6.94. The van der Waals surface area contributed by atoms with Gasteiger partial charge in [0.05, 0.1) is 11.6 Å². The molecule has 108 valence electrons. The molecular weight excluding hydrogens is 290 g/mol. The Morgan fingerprint density at radius 1 is 1.38 bits per heavy atom. The fraction of sp³-hybridized carbons (Fsp3) is 0.143. The van der Waals surface area contributed by atoms with Gasteiger partial charge in [-0.2, -0.15) is 5.26 Å². The molecule has 5 N–H and O–H groups in total. The van der Waals surface area contributed by atoms with Crippen LogP contribution in [0.2, 0.25) is 0 Å². The summed E-state index contributed by atoms with van der Waals surface area (Å²) >= 11 is 1.25. The van der Waals surface area contributed by atoms with E-state index in [-0.39, 0.29) is 17.9 Å². The normalized spacial score (nSPS) is 11.6. The van der Waals surface area contributed by atoms with E-state index in [1.54, 1.807) is 17.5 Å². The highest BCUT2D eigenvalue weighted by molar-refractivity contribution is 7.14. The molecule has 2 aromatic rings. The molecule has 1 aromatic carbocycles. The second-order valence-corrected chi connectivity index (χ2v) is 5.31. The highest BCUT2D eigenvalue weighted by Crippen LogP contribution is 2.26. The molecule has 1 aromatic heterocycles. The van der Waals surface area contributed by atoms with E-state index >= 15 is 0 Å². The SMILES string of the molecule is N#Cc1ccsc1NC(=O)[C@@H](N)Cc1ccc(O)c(O)c1. The summed E-state index contributed by atoms with van der Waals surface area (Å²) in [4.78, 5) is 12.0. The van der Waals surface area contributed by atoms with Crippen molar-refractivity contribution in [3.63, 3.8) is 0 Å². The van der Waals surface area contributed by atoms with Gasteiger partial charge in [0.2, 0.25) is 5.91 Å². The summed E-state index contributed by atoms with van der Waals surface area (Å²) in [6.07, 6.45) is 0.201. The summed E-state index contributed by atoms with van der Waals surface area (Å²) in [6.45, 7) is 0. The summed E-state index contributed by atoms with van der Waals surface area (Å²) in [5.74, 6) is -0.902. The maximum Gasteiger partial charge on any atom is 0.242 e. The van der Waals surface area contributed by atoms with E-state index in [2.05, 4.69) is 5.32 Å². The van der Waals surface area contributed by atoms with Gasteiger partial charge in [0, 0.05) is 0 Å². The highest BCUT2D eigenvalue weighted by Gasteiger charge is 2.17. The number of nitrogens with two attached hydrogens (primary N) is 1. The minimum absolute atomic E-state index is 0.201. The first-order chi connectivity index (χ1) is 10.0. The summed E-state index contributed by atoms with van der Waals surface area (Å²) < 4.78 is 0. The van der Waals surface area contributed by atoms with Crippen LogP contribution in [-0.4, -0.2) is 22.2 Å². The molecule has 0 bridgehead atoms. The zero-order chi connectivity index (χ0) is 15.4. The van der Waals surface area contributed by atoms with Crippen molar-refractivity contribution in [2.75, 3.05) is 5.32 Å². The van der Waals surface area contributed by atoms with Gasteiger partial charge >= 0.3 is 0 Å². The molecule has 0 aliphatic rings. The van der Waals surface area contributed by atoms with Crippen LogP contribution in [0.4, 0.5) is 5.00 Å². The van der Waals surface area contributed by atoms with Gasteiger partial charge in [0.1, 0.15) is 11.1 Å². The van der Waals surface area contributed by atoms with Crippen molar-refractivity contribution < 1.29 is 15.0 Å². The minimum atomic E-state index is -0.831. The lowest BCUT2D eigenvalue weighted by atomic mass is 10.1. The fourth-order valence-electron chi connectivity index (χ4n) is 1.74. The van der Waals surface area contributed by atoms with Crippen LogP contribution in [0.1, 0.15) is 11.1 Å². The summed E-state index contributed by atoms with van der Waals surface area (Å²) in [7, 11) is 0. The number of phenols is 2. The molecule has 6 nitrogen and oxygen atoms in total. The predicted octanol–water partition coefficient (Wildman–Crippen LogP) is 1.54. The molecule has 0 aliphatic carbocycles. The Bertz CT molecular complexity index is 706. The van der Waals surface area contributed by atoms with Crippen LogP contribution in [0, 0.1) is 11.3 Å². The summed E-state index contributed by atoms with van der Waals surface area (Å²) in [5, 5.41) is 32.3. The van der Waals surface area contributed by atoms with Crippen molar-refractivity contribution >= 4 is 22.2 Å². The number of hydrogen-bond donors (Lipinski definition) is 4. The molecule has 0 spiro atoms. The van der Waals surface area contributed by atoms with Gasteiger partial charge in [0.15, 0.2) is 11.5 Å². The van der Waals surface area contributed by atoms with Crippen molar-refractivity contribution in [1.29, 1.82) is 5.26 Å². The van der Waals surface area contributed by atoms with Gasteiger partial charge in [-0.1, -0.05) is 6.07 Å². The van der Waals surface area contributed by atoms with Gasteiger partial charge in [-0.05, 0) is 35.6 Å². The largest absolute Gasteiger partial charge is 0.504 e. The zero-order valence-electron chi connectivity index (χ0n) is 10.9. The maximum absolute atomic E-state index is 12.0. The standard InChI is InChI=1S/C14H13N3O3S/c15-7-9-3-4-21-14(9)17-13(20)10(16)5-8-1-2-11(18)12(19)6-8/h1-4,6,10,18-19H,5,16H2,(H,17,20)/t10-/m0/s1. The topological polar surface area (TPSA) is 119 Å². The van der Waals surface area contributed by atoms with Crippen LogP contribution in [0.5, 0.6) is 11.5 Å². The van der Waals surface area contributed by atoms with Gasteiger partial charge in [0.25, 0.3) is 0 Å². The Labute approximate surface area is 125 Å². The Kier molecular flexibility index (Phi) is 4.42. The second kappa shape index (κ2) is 6.26. The Morgan fingerprint density at radius 2 is 2.14 bits per heavy atom. The third kappa shape index (κ3) is 3.51. The van der Waals surface area contributed by atoms with Crippen LogP contribution in [0.15, 0.2) is 29.6 Å². The Hall–Kier alpha value is -2.56. The molecular formula is C14H13N3O3S. The number of anilines is 1. The van der Waals surface area contributed by atoms with Crippen molar-refractivity contribution in [3.8, 4) is 17.6 Å². The van der Waals surface area contributed by atoms with E-state index in [9.17, 15) is 15.0 Å². The van der Waals surface area contributed by atoms with E-state index in [0.29, 0.717) is 16.1 Å². The van der Waals surface area contributed by atoms with Crippen molar-refractivity contribution in [2.45, 2.75) is 12.5 Å². The number of benzene rings is 1. The summed E-state index contributed by atoms with van der Waals surface area (Å²) in [6, 6.07) is 7.03. The van der Waals surface area contributed by atoms with Crippen molar-refractivity contribution in [1.82, 2.24) is 0 Å². The number of carbonyl (C=O) groups is 1. The number of hydrogen-bond acceptors (Lipinski definition) is 6. The van der Waals surface area contributed by atoms with E-state index in [1.807, 2.05) is 6.07 Å². The van der Waals surface area contributed by atoms with Crippen molar-refractivity contribution in [2.24, 2.45) is 5.73 Å². The number of aromatic hydroxyl groups is 2. The lowest BCUT2D eigenvalue weighted by Gasteiger charge is -2.12. The van der Waals surface area contributed by atoms with Crippen molar-refractivity contribution in [3.05, 3.63) is 40.8 Å². The Morgan fingerprint density at radius 3 is 2.81 bits per heavy atom. The van der Waals surface area contributed by atoms with E-state index < -0.39 is 11.9 Å². The monoisotopic (exact) mass is 303 g/mol. The quantitative estimate of drug-likeness (QED) is 0.639. The molecule has 21 heavy (non-hydrogen) atoms. The minimum Gasteiger partial charge on any atom is -0.504 e. The number of nitrogens with zero attached hydrogens (tertiary/aromatic N) is 1. The molecule has 0 saturated heterocycles. The number of nitriles is 1. The highest BCUT2D eigenvalue weighted by atomic mass is 32.1. The zero-order valence-corrected chi connectivity index (χ0v) is 11.7. The Balaban J connectivity index is 2.03. The van der Waals surface area contributed by atoms with E-state index in [1.165, 1.54) is 23.5 Å². The summed E-state index contributed by atoms with van der Waals surface area (Å²) in [5.41, 5.74) is 6.83. The third-order valence-electron chi connectivity index (χ3n) is 2.85. The van der Waals surface area contributed by atoms with Crippen LogP contribution >= 0.6 is 11.3 Å².